The molecule has 0 aromatic heterocycles. The lowest BCUT2D eigenvalue weighted by molar-refractivity contribution is -0.133. The van der Waals surface area contributed by atoms with E-state index in [1.807, 2.05) is 30.3 Å². The van der Waals surface area contributed by atoms with Gasteiger partial charge in [-0.15, -0.1) is 0 Å². The Morgan fingerprint density at radius 2 is 2.04 bits per heavy atom. The first-order valence-corrected chi connectivity index (χ1v) is 8.53. The minimum absolute atomic E-state index is 0.198. The van der Waals surface area contributed by atoms with Crippen molar-refractivity contribution < 1.29 is 23.9 Å². The van der Waals surface area contributed by atoms with Gasteiger partial charge in [-0.25, -0.2) is 14.5 Å². The zero-order chi connectivity index (χ0) is 17.8. The summed E-state index contributed by atoms with van der Waals surface area (Å²) in [6, 6.07) is 9.19. The van der Waals surface area contributed by atoms with Gasteiger partial charge in [0.1, 0.15) is 13.2 Å². The van der Waals surface area contributed by atoms with Crippen LogP contribution < -0.4 is 0 Å². The van der Waals surface area contributed by atoms with Crippen molar-refractivity contribution in [3.8, 4) is 0 Å². The van der Waals surface area contributed by atoms with Crippen LogP contribution in [-0.2, 0) is 20.9 Å². The Hall–Kier alpha value is -2.57. The molecule has 0 saturated carbocycles. The number of hydrogen-bond acceptors (Lipinski definition) is 5. The van der Waals surface area contributed by atoms with E-state index in [9.17, 15) is 14.4 Å². The second-order valence-electron chi connectivity index (χ2n) is 6.34. The smallest absolute Gasteiger partial charge is 0.416 e. The normalized spacial score (nSPS) is 21.2. The molecule has 2 aliphatic rings. The summed E-state index contributed by atoms with van der Waals surface area (Å²) in [5, 5.41) is 0. The van der Waals surface area contributed by atoms with E-state index in [1.165, 1.54) is 0 Å². The lowest BCUT2D eigenvalue weighted by Crippen LogP contribution is -2.46. The SMILES string of the molecule is C[C@H](C(=O)N1CCOC1=O)[C@H]1CCCN1C(=O)OCc1ccccc1. The molecule has 1 aromatic rings. The van der Waals surface area contributed by atoms with Crippen molar-refractivity contribution in [1.82, 2.24) is 9.80 Å². The van der Waals surface area contributed by atoms with Crippen molar-refractivity contribution in [1.29, 1.82) is 0 Å². The summed E-state index contributed by atoms with van der Waals surface area (Å²) in [4.78, 5) is 39.3. The topological polar surface area (TPSA) is 76.2 Å². The van der Waals surface area contributed by atoms with Crippen molar-refractivity contribution >= 4 is 18.1 Å². The molecule has 2 atom stereocenters. The van der Waals surface area contributed by atoms with E-state index in [2.05, 4.69) is 0 Å². The van der Waals surface area contributed by atoms with Crippen LogP contribution in [-0.4, -0.2) is 53.6 Å². The molecule has 3 amide bonds. The maximum absolute atomic E-state index is 12.5. The Labute approximate surface area is 146 Å². The highest BCUT2D eigenvalue weighted by Gasteiger charge is 2.41. The van der Waals surface area contributed by atoms with Gasteiger partial charge in [0, 0.05) is 12.6 Å². The Balaban J connectivity index is 1.60. The number of nitrogens with zero attached hydrogens (tertiary/aromatic N) is 2. The number of hydrogen-bond donors (Lipinski definition) is 0. The standard InChI is InChI=1S/C18H22N2O5/c1-13(16(21)20-10-11-24-18(20)23)15-8-5-9-19(15)17(22)25-12-14-6-3-2-4-7-14/h2-4,6-7,13,15H,5,8-12H2,1H3/t13-,15+/m0/s1. The molecule has 2 saturated heterocycles. The molecule has 0 unspecified atom stereocenters. The van der Waals surface area contributed by atoms with Crippen LogP contribution in [0, 0.1) is 5.92 Å². The summed E-state index contributed by atoms with van der Waals surface area (Å²) in [7, 11) is 0. The van der Waals surface area contributed by atoms with E-state index in [-0.39, 0.29) is 31.7 Å². The van der Waals surface area contributed by atoms with Gasteiger partial charge in [-0.1, -0.05) is 37.3 Å². The van der Waals surface area contributed by atoms with Gasteiger partial charge in [0.05, 0.1) is 12.5 Å². The zero-order valence-corrected chi connectivity index (χ0v) is 14.2. The van der Waals surface area contributed by atoms with Crippen molar-refractivity contribution in [2.75, 3.05) is 19.7 Å². The maximum atomic E-state index is 12.5. The minimum atomic E-state index is -0.604. The number of benzene rings is 1. The molecule has 7 nitrogen and oxygen atoms in total. The van der Waals surface area contributed by atoms with Crippen LogP contribution in [0.2, 0.25) is 0 Å². The highest BCUT2D eigenvalue weighted by molar-refractivity contribution is 5.94. The first-order valence-electron chi connectivity index (χ1n) is 8.53. The van der Waals surface area contributed by atoms with Crippen LogP contribution in [0.3, 0.4) is 0 Å². The number of carbonyl (C=O) groups is 3. The largest absolute Gasteiger partial charge is 0.447 e. The monoisotopic (exact) mass is 346 g/mol. The average Bonchev–Trinajstić information content (AvgIpc) is 3.28. The third kappa shape index (κ3) is 3.75. The maximum Gasteiger partial charge on any atom is 0.416 e. The van der Waals surface area contributed by atoms with E-state index in [4.69, 9.17) is 9.47 Å². The Morgan fingerprint density at radius 3 is 2.72 bits per heavy atom. The number of amides is 3. The van der Waals surface area contributed by atoms with Gasteiger partial charge < -0.3 is 14.4 Å². The number of likely N-dealkylation sites (tertiary alicyclic amines) is 1. The lowest BCUT2D eigenvalue weighted by Gasteiger charge is -2.29. The fourth-order valence-corrected chi connectivity index (χ4v) is 3.35. The summed E-state index contributed by atoms with van der Waals surface area (Å²) < 4.78 is 10.2. The summed E-state index contributed by atoms with van der Waals surface area (Å²) >= 11 is 0. The van der Waals surface area contributed by atoms with E-state index < -0.39 is 18.1 Å². The molecule has 0 N–H and O–H groups in total. The predicted octanol–water partition coefficient (Wildman–Crippen LogP) is 2.40. The summed E-state index contributed by atoms with van der Waals surface area (Å²) in [6.07, 6.45) is 0.506. The molecule has 134 valence electrons. The molecule has 1 aromatic carbocycles. The minimum Gasteiger partial charge on any atom is -0.447 e. The van der Waals surface area contributed by atoms with Crippen molar-refractivity contribution in [2.45, 2.75) is 32.4 Å². The number of cyclic esters (lactones) is 1. The van der Waals surface area contributed by atoms with E-state index in [0.29, 0.717) is 6.54 Å². The van der Waals surface area contributed by atoms with Gasteiger partial charge in [-0.3, -0.25) is 4.79 Å². The molecular weight excluding hydrogens is 324 g/mol. The number of imide groups is 1. The van der Waals surface area contributed by atoms with Crippen molar-refractivity contribution in [3.63, 3.8) is 0 Å². The van der Waals surface area contributed by atoms with Crippen LogP contribution in [0.5, 0.6) is 0 Å². The van der Waals surface area contributed by atoms with Crippen LogP contribution in [0.15, 0.2) is 30.3 Å². The molecule has 2 heterocycles. The molecular formula is C18H22N2O5. The molecule has 0 radical (unpaired) electrons. The Bertz CT molecular complexity index is 648. The first-order chi connectivity index (χ1) is 12.1. The molecule has 7 heteroatoms. The third-order valence-corrected chi connectivity index (χ3v) is 4.73. The Morgan fingerprint density at radius 1 is 1.28 bits per heavy atom. The summed E-state index contributed by atoms with van der Waals surface area (Å²) in [6.45, 7) is 3.00. The lowest BCUT2D eigenvalue weighted by atomic mass is 9.98. The van der Waals surface area contributed by atoms with E-state index in [1.54, 1.807) is 11.8 Å². The third-order valence-electron chi connectivity index (χ3n) is 4.73. The molecule has 2 aliphatic heterocycles. The molecule has 3 rings (SSSR count). The Kier molecular flexibility index (Phi) is 5.21. The van der Waals surface area contributed by atoms with Gasteiger partial charge in [0.15, 0.2) is 0 Å². The summed E-state index contributed by atoms with van der Waals surface area (Å²) in [5.41, 5.74) is 0.913. The molecule has 0 spiro atoms. The highest BCUT2D eigenvalue weighted by atomic mass is 16.6. The van der Waals surface area contributed by atoms with Crippen LogP contribution in [0.4, 0.5) is 9.59 Å². The first kappa shape index (κ1) is 17.3. The molecule has 0 bridgehead atoms. The number of carbonyl (C=O) groups excluding carboxylic acids is 3. The average molecular weight is 346 g/mol. The highest BCUT2D eigenvalue weighted by Crippen LogP contribution is 2.27. The van der Waals surface area contributed by atoms with Crippen LogP contribution >= 0.6 is 0 Å². The van der Waals surface area contributed by atoms with Crippen molar-refractivity contribution in [3.05, 3.63) is 35.9 Å². The van der Waals surface area contributed by atoms with E-state index >= 15 is 0 Å². The number of ether oxygens (including phenoxy) is 2. The molecule has 2 fully saturated rings. The summed E-state index contributed by atoms with van der Waals surface area (Å²) in [5.74, 6) is -0.771. The van der Waals surface area contributed by atoms with E-state index in [0.717, 1.165) is 23.3 Å². The van der Waals surface area contributed by atoms with Crippen molar-refractivity contribution in [2.24, 2.45) is 5.92 Å². The van der Waals surface area contributed by atoms with Gasteiger partial charge in [-0.05, 0) is 18.4 Å². The predicted molar refractivity (Wildman–Crippen MR) is 88.6 cm³/mol. The second-order valence-corrected chi connectivity index (χ2v) is 6.34. The van der Waals surface area contributed by atoms with Gasteiger partial charge in [0.25, 0.3) is 0 Å². The molecule has 25 heavy (non-hydrogen) atoms. The molecule has 0 aliphatic carbocycles. The zero-order valence-electron chi connectivity index (χ0n) is 14.2. The van der Waals surface area contributed by atoms with Gasteiger partial charge >= 0.3 is 12.2 Å². The van der Waals surface area contributed by atoms with Gasteiger partial charge in [-0.2, -0.15) is 0 Å². The number of rotatable bonds is 4. The van der Waals surface area contributed by atoms with Gasteiger partial charge in [0.2, 0.25) is 5.91 Å². The fraction of sp³-hybridized carbons (Fsp3) is 0.500. The quantitative estimate of drug-likeness (QED) is 0.837. The second kappa shape index (κ2) is 7.55. The van der Waals surface area contributed by atoms with Crippen LogP contribution in [0.1, 0.15) is 25.3 Å². The fourth-order valence-electron chi connectivity index (χ4n) is 3.35. The van der Waals surface area contributed by atoms with Crippen LogP contribution in [0.25, 0.3) is 0 Å².